The van der Waals surface area contributed by atoms with Crippen LogP contribution in [0.1, 0.15) is 136 Å². The minimum absolute atomic E-state index is 0. The van der Waals surface area contributed by atoms with E-state index in [1.807, 2.05) is 0 Å². The fourth-order valence-corrected chi connectivity index (χ4v) is 3.97. The maximum atomic E-state index is 6.03. The summed E-state index contributed by atoms with van der Waals surface area (Å²) in [5, 5.41) is 0. The van der Waals surface area contributed by atoms with E-state index in [1.54, 1.807) is 0 Å². The van der Waals surface area contributed by atoms with Crippen LogP contribution in [0.15, 0.2) is 0 Å². The first-order valence-corrected chi connectivity index (χ1v) is 12.7. The summed E-state index contributed by atoms with van der Waals surface area (Å²) in [6.07, 6.45) is 25.6. The molecule has 0 aromatic rings. The Balaban J connectivity index is 0. The van der Waals surface area contributed by atoms with Crippen molar-refractivity contribution in [3.8, 4) is 0 Å². The maximum Gasteiger partial charge on any atom is 0.0793 e. The quantitative estimate of drug-likeness (QED) is 0.261. The van der Waals surface area contributed by atoms with Gasteiger partial charge in [0.15, 0.2) is 0 Å². The molecule has 0 aromatic heterocycles. The second kappa shape index (κ2) is 25.2. The highest BCUT2D eigenvalue weighted by Gasteiger charge is 2.17. The number of unbranched alkanes of at least 4 members (excludes halogenated alkanes) is 15. The van der Waals surface area contributed by atoms with E-state index in [9.17, 15) is 0 Å². The third kappa shape index (κ3) is 20.9. The summed E-state index contributed by atoms with van der Waals surface area (Å²) in [5.74, 6) is 0.656. The van der Waals surface area contributed by atoms with Gasteiger partial charge in [0.25, 0.3) is 0 Å². The molecule has 0 aromatic carbocycles. The zero-order valence-corrected chi connectivity index (χ0v) is 20.5. The Labute approximate surface area is 184 Å². The van der Waals surface area contributed by atoms with Crippen LogP contribution in [0.2, 0.25) is 0 Å². The molecule has 0 aliphatic rings. The molecule has 2 unspecified atom stereocenters. The molecule has 0 saturated heterocycles. The summed E-state index contributed by atoms with van der Waals surface area (Å²) in [6.45, 7) is 8.75. The second-order valence-electron chi connectivity index (χ2n) is 8.72. The van der Waals surface area contributed by atoms with E-state index >= 15 is 0 Å². The lowest BCUT2D eigenvalue weighted by Crippen LogP contribution is -3.00. The summed E-state index contributed by atoms with van der Waals surface area (Å²) in [4.78, 5) is 0. The number of quaternary nitrogens is 1. The van der Waals surface area contributed by atoms with Gasteiger partial charge in [-0.2, -0.15) is 0 Å². The van der Waals surface area contributed by atoms with Gasteiger partial charge in [0, 0.05) is 12.5 Å². The van der Waals surface area contributed by atoms with Gasteiger partial charge in [-0.05, 0) is 19.8 Å². The van der Waals surface area contributed by atoms with Gasteiger partial charge in [0.1, 0.15) is 0 Å². The molecule has 0 spiro atoms. The number of hydrogen-bond donors (Lipinski definition) is 1. The van der Waals surface area contributed by atoms with Crippen LogP contribution in [0, 0.1) is 5.92 Å². The molecule has 0 aliphatic heterocycles. The van der Waals surface area contributed by atoms with Crippen molar-refractivity contribution in [1.82, 2.24) is 0 Å². The Kier molecular flexibility index (Phi) is 27.4. The zero-order chi connectivity index (χ0) is 20.0. The summed E-state index contributed by atoms with van der Waals surface area (Å²) >= 11 is 0. The van der Waals surface area contributed by atoms with Crippen molar-refractivity contribution in [3.05, 3.63) is 0 Å². The van der Waals surface area contributed by atoms with Crippen LogP contribution in [-0.4, -0.2) is 19.3 Å². The lowest BCUT2D eigenvalue weighted by atomic mass is 9.95. The first-order chi connectivity index (χ1) is 13.3. The molecule has 0 bridgehead atoms. The minimum atomic E-state index is 0. The predicted molar refractivity (Wildman–Crippen MR) is 121 cm³/mol. The third-order valence-electron chi connectivity index (χ3n) is 6.09. The van der Waals surface area contributed by atoms with Gasteiger partial charge in [-0.25, -0.2) is 0 Å². The molecular weight excluding hydrogens is 366 g/mol. The monoisotopic (exact) mass is 419 g/mol. The molecule has 0 radical (unpaired) electrons. The predicted octanol–water partition coefficient (Wildman–Crippen LogP) is 4.32. The highest BCUT2D eigenvalue weighted by atomic mass is 35.5. The molecule has 0 aliphatic carbocycles. The number of rotatable bonds is 22. The van der Waals surface area contributed by atoms with Crippen LogP contribution in [0.3, 0.4) is 0 Å². The fourth-order valence-electron chi connectivity index (χ4n) is 3.97. The minimum Gasteiger partial charge on any atom is -1.00 e. The van der Waals surface area contributed by atoms with Crippen LogP contribution in [0.4, 0.5) is 0 Å². The number of halogens is 1. The van der Waals surface area contributed by atoms with Gasteiger partial charge in [-0.1, -0.05) is 117 Å². The standard InChI is InChI=1S/C25H53NO.ClH/c1-4-6-8-9-10-11-12-13-14-15-16-17-18-19-21-25(23-26)24(3)27-22-20-7-5-2;/h24-25H,4-23,26H2,1-3H3;1H. The average Bonchev–Trinajstić information content (AvgIpc) is 2.68. The summed E-state index contributed by atoms with van der Waals surface area (Å²) in [7, 11) is 0. The van der Waals surface area contributed by atoms with E-state index < -0.39 is 0 Å². The van der Waals surface area contributed by atoms with Gasteiger partial charge in [0.05, 0.1) is 12.6 Å². The van der Waals surface area contributed by atoms with Crippen LogP contribution in [-0.2, 0) is 4.74 Å². The maximum absolute atomic E-state index is 6.03. The van der Waals surface area contributed by atoms with Crippen molar-refractivity contribution in [2.75, 3.05) is 13.2 Å². The third-order valence-corrected chi connectivity index (χ3v) is 6.09. The Morgan fingerprint density at radius 2 is 1.00 bits per heavy atom. The number of ether oxygens (including phenoxy) is 1. The fraction of sp³-hybridized carbons (Fsp3) is 1.00. The lowest BCUT2D eigenvalue weighted by molar-refractivity contribution is -0.384. The molecule has 0 rings (SSSR count). The Morgan fingerprint density at radius 3 is 1.43 bits per heavy atom. The van der Waals surface area contributed by atoms with E-state index in [-0.39, 0.29) is 12.4 Å². The van der Waals surface area contributed by atoms with Crippen LogP contribution >= 0.6 is 0 Å². The van der Waals surface area contributed by atoms with Gasteiger partial charge >= 0.3 is 0 Å². The number of hydrogen-bond acceptors (Lipinski definition) is 1. The van der Waals surface area contributed by atoms with Gasteiger partial charge in [-0.15, -0.1) is 0 Å². The van der Waals surface area contributed by atoms with E-state index in [0.717, 1.165) is 13.2 Å². The van der Waals surface area contributed by atoms with E-state index in [2.05, 4.69) is 26.5 Å². The van der Waals surface area contributed by atoms with E-state index in [1.165, 1.54) is 116 Å². The van der Waals surface area contributed by atoms with E-state index in [0.29, 0.717) is 12.0 Å². The molecule has 0 saturated carbocycles. The topological polar surface area (TPSA) is 36.9 Å². The average molecular weight is 420 g/mol. The van der Waals surface area contributed by atoms with Crippen molar-refractivity contribution < 1.29 is 22.9 Å². The van der Waals surface area contributed by atoms with Crippen LogP contribution < -0.4 is 18.1 Å². The molecule has 2 nitrogen and oxygen atoms in total. The van der Waals surface area contributed by atoms with Crippen molar-refractivity contribution in [2.45, 2.75) is 142 Å². The zero-order valence-electron chi connectivity index (χ0n) is 19.8. The van der Waals surface area contributed by atoms with Gasteiger partial charge in [-0.3, -0.25) is 0 Å². The molecular formula is C25H54ClNO. The normalized spacial score (nSPS) is 13.3. The smallest absolute Gasteiger partial charge is 0.0793 e. The summed E-state index contributed by atoms with van der Waals surface area (Å²) in [6, 6.07) is 0. The molecule has 3 heteroatoms. The SMILES string of the molecule is CCCCCCCCCCCCCCCCC(C[NH3+])C(C)OCCCCC.[Cl-]. The first-order valence-electron chi connectivity index (χ1n) is 12.7. The molecule has 2 atom stereocenters. The second-order valence-corrected chi connectivity index (χ2v) is 8.72. The first kappa shape index (κ1) is 30.4. The molecule has 0 fully saturated rings. The lowest BCUT2D eigenvalue weighted by Gasteiger charge is -2.21. The largest absolute Gasteiger partial charge is 1.00 e. The molecule has 172 valence electrons. The highest BCUT2D eigenvalue weighted by Crippen LogP contribution is 2.17. The molecule has 0 amide bonds. The Hall–Kier alpha value is 0.210. The van der Waals surface area contributed by atoms with Crippen molar-refractivity contribution >= 4 is 0 Å². The van der Waals surface area contributed by atoms with Crippen molar-refractivity contribution in [3.63, 3.8) is 0 Å². The molecule has 3 N–H and O–H groups in total. The van der Waals surface area contributed by atoms with Crippen LogP contribution in [0.25, 0.3) is 0 Å². The van der Waals surface area contributed by atoms with Crippen molar-refractivity contribution in [2.24, 2.45) is 5.92 Å². The highest BCUT2D eigenvalue weighted by molar-refractivity contribution is 4.65. The Bertz CT molecular complexity index is 275. The van der Waals surface area contributed by atoms with Gasteiger partial charge < -0.3 is 22.9 Å². The summed E-state index contributed by atoms with van der Waals surface area (Å²) < 4.78 is 6.03. The van der Waals surface area contributed by atoms with E-state index in [4.69, 9.17) is 4.74 Å². The summed E-state index contributed by atoms with van der Waals surface area (Å²) in [5.41, 5.74) is 4.16. The van der Waals surface area contributed by atoms with Crippen LogP contribution in [0.5, 0.6) is 0 Å². The molecule has 0 heterocycles. The van der Waals surface area contributed by atoms with Gasteiger partial charge in [0.2, 0.25) is 0 Å². The molecule has 28 heavy (non-hydrogen) atoms. The Morgan fingerprint density at radius 1 is 0.607 bits per heavy atom. The van der Waals surface area contributed by atoms with Crippen molar-refractivity contribution in [1.29, 1.82) is 0 Å².